The molecule has 0 radical (unpaired) electrons. The lowest BCUT2D eigenvalue weighted by atomic mass is 10.1. The van der Waals surface area contributed by atoms with Crippen LogP contribution in [0.5, 0.6) is 0 Å². The molecule has 1 atom stereocenters. The quantitative estimate of drug-likeness (QED) is 0.713. The second-order valence-electron chi connectivity index (χ2n) is 5.54. The molecule has 0 fully saturated rings. The van der Waals surface area contributed by atoms with Gasteiger partial charge in [0.1, 0.15) is 0 Å². The van der Waals surface area contributed by atoms with Crippen molar-refractivity contribution in [3.05, 3.63) is 65.8 Å². The van der Waals surface area contributed by atoms with E-state index in [4.69, 9.17) is 4.52 Å². The fourth-order valence-corrected chi connectivity index (χ4v) is 3.44. The number of carbonyl (C=O) groups excluding carboxylic acids is 1. The highest BCUT2D eigenvalue weighted by molar-refractivity contribution is 7.92. The Bertz CT molecular complexity index is 1000. The van der Waals surface area contributed by atoms with Crippen molar-refractivity contribution in [3.63, 3.8) is 0 Å². The third-order valence-corrected chi connectivity index (χ3v) is 4.72. The highest BCUT2D eigenvalue weighted by Gasteiger charge is 2.12. The van der Waals surface area contributed by atoms with Gasteiger partial charge < -0.3 is 4.52 Å². The molecular weight excluding hydrogens is 340 g/mol. The third-order valence-electron chi connectivity index (χ3n) is 3.34. The van der Waals surface area contributed by atoms with Crippen molar-refractivity contribution in [2.24, 2.45) is 4.36 Å². The number of aromatic nitrogens is 3. The average Bonchev–Trinajstić information content (AvgIpc) is 3.01. The molecule has 128 valence electrons. The molecule has 3 aromatic rings. The van der Waals surface area contributed by atoms with E-state index in [2.05, 4.69) is 19.5 Å². The molecule has 1 amide bonds. The molecule has 2 aromatic heterocycles. The van der Waals surface area contributed by atoms with Crippen molar-refractivity contribution in [1.29, 1.82) is 0 Å². The number of benzene rings is 1. The Hall–Kier alpha value is -2.87. The number of rotatable bonds is 4. The smallest absolute Gasteiger partial charge is 0.285 e. The molecule has 2 heterocycles. The monoisotopic (exact) mass is 356 g/mol. The number of pyridine rings is 1. The summed E-state index contributed by atoms with van der Waals surface area (Å²) in [6.07, 6.45) is 3.07. The predicted molar refractivity (Wildman–Crippen MR) is 93.2 cm³/mol. The van der Waals surface area contributed by atoms with Crippen LogP contribution in [-0.4, -0.2) is 31.5 Å². The maximum atomic E-state index is 12.6. The molecule has 0 aliphatic rings. The second kappa shape index (κ2) is 6.94. The van der Waals surface area contributed by atoms with E-state index in [9.17, 15) is 9.00 Å². The summed E-state index contributed by atoms with van der Waals surface area (Å²) in [6, 6.07) is 11.9. The summed E-state index contributed by atoms with van der Waals surface area (Å²) >= 11 is 0. The van der Waals surface area contributed by atoms with Gasteiger partial charge in [-0.25, -0.2) is 4.21 Å². The molecule has 1 aromatic carbocycles. The molecule has 0 saturated carbocycles. The van der Waals surface area contributed by atoms with Gasteiger partial charge in [-0.2, -0.15) is 9.35 Å². The van der Waals surface area contributed by atoms with Crippen molar-refractivity contribution in [2.45, 2.75) is 12.7 Å². The van der Waals surface area contributed by atoms with Crippen molar-refractivity contribution in [1.82, 2.24) is 15.1 Å². The topological polar surface area (TPSA) is 98.3 Å². The van der Waals surface area contributed by atoms with Gasteiger partial charge in [0.2, 0.25) is 11.7 Å². The van der Waals surface area contributed by atoms with Crippen LogP contribution < -0.4 is 0 Å². The third kappa shape index (κ3) is 4.36. The van der Waals surface area contributed by atoms with E-state index in [1.165, 1.54) is 6.26 Å². The zero-order valence-electron chi connectivity index (χ0n) is 13.7. The van der Waals surface area contributed by atoms with E-state index in [-0.39, 0.29) is 5.75 Å². The van der Waals surface area contributed by atoms with E-state index < -0.39 is 15.6 Å². The Balaban J connectivity index is 1.79. The standard InChI is InChI=1S/C17H16N4O3S/c1-12-19-16(20-24-12)13-6-8-14(9-7-13)17(22)21-25(2,23)11-15-5-3-4-10-18-15/h3-10H,11H2,1-2H3. The Morgan fingerprint density at radius 1 is 1.20 bits per heavy atom. The number of amides is 1. The molecule has 0 spiro atoms. The minimum absolute atomic E-state index is 0.125. The van der Waals surface area contributed by atoms with Gasteiger partial charge in [-0.15, -0.1) is 0 Å². The summed E-state index contributed by atoms with van der Waals surface area (Å²) < 4.78 is 21.4. The van der Waals surface area contributed by atoms with E-state index in [1.54, 1.807) is 55.6 Å². The van der Waals surface area contributed by atoms with Crippen molar-refractivity contribution in [2.75, 3.05) is 6.26 Å². The summed E-state index contributed by atoms with van der Waals surface area (Å²) in [4.78, 5) is 20.5. The van der Waals surface area contributed by atoms with Crippen LogP contribution in [0.3, 0.4) is 0 Å². The van der Waals surface area contributed by atoms with Gasteiger partial charge >= 0.3 is 0 Å². The van der Waals surface area contributed by atoms with Crippen LogP contribution in [0.15, 0.2) is 57.5 Å². The first-order valence-corrected chi connectivity index (χ1v) is 9.57. The maximum absolute atomic E-state index is 12.6. The van der Waals surface area contributed by atoms with Crippen LogP contribution in [0.25, 0.3) is 11.4 Å². The van der Waals surface area contributed by atoms with E-state index in [0.717, 1.165) is 5.56 Å². The number of aryl methyl sites for hydroxylation is 1. The van der Waals surface area contributed by atoms with Crippen molar-refractivity contribution in [3.8, 4) is 11.4 Å². The summed E-state index contributed by atoms with van der Waals surface area (Å²) in [5, 5.41) is 3.82. The van der Waals surface area contributed by atoms with Gasteiger partial charge in [0.15, 0.2) is 0 Å². The van der Waals surface area contributed by atoms with E-state index in [0.29, 0.717) is 23.0 Å². The van der Waals surface area contributed by atoms with Crippen LogP contribution in [0, 0.1) is 6.92 Å². The molecule has 0 saturated heterocycles. The lowest BCUT2D eigenvalue weighted by Crippen LogP contribution is -2.07. The minimum atomic E-state index is -2.72. The number of nitrogens with zero attached hydrogens (tertiary/aromatic N) is 4. The molecule has 3 rings (SSSR count). The highest BCUT2D eigenvalue weighted by atomic mass is 32.2. The predicted octanol–water partition coefficient (Wildman–Crippen LogP) is 2.88. The molecule has 0 bridgehead atoms. The molecule has 8 heteroatoms. The van der Waals surface area contributed by atoms with Gasteiger partial charge in [-0.3, -0.25) is 9.78 Å². The Labute approximate surface area is 145 Å². The number of hydrogen-bond donors (Lipinski definition) is 0. The van der Waals surface area contributed by atoms with Crippen LogP contribution in [0.1, 0.15) is 21.9 Å². The molecule has 0 N–H and O–H groups in total. The SMILES string of the molecule is Cc1nc(-c2ccc(C(=O)N=S(C)(=O)Cc3ccccn3)cc2)no1. The van der Waals surface area contributed by atoms with Crippen LogP contribution in [0.2, 0.25) is 0 Å². The zero-order chi connectivity index (χ0) is 17.9. The van der Waals surface area contributed by atoms with Gasteiger partial charge in [0.25, 0.3) is 5.91 Å². The number of hydrogen-bond acceptors (Lipinski definition) is 6. The first kappa shape index (κ1) is 17.0. The van der Waals surface area contributed by atoms with Crippen molar-refractivity contribution >= 4 is 15.6 Å². The largest absolute Gasteiger partial charge is 0.339 e. The fraction of sp³-hybridized carbons (Fsp3) is 0.176. The summed E-state index contributed by atoms with van der Waals surface area (Å²) in [5.41, 5.74) is 1.70. The maximum Gasteiger partial charge on any atom is 0.285 e. The molecule has 0 aliphatic heterocycles. The first-order valence-electron chi connectivity index (χ1n) is 7.48. The first-order chi connectivity index (χ1) is 11.9. The van der Waals surface area contributed by atoms with Gasteiger partial charge in [-0.1, -0.05) is 23.4 Å². The van der Waals surface area contributed by atoms with Crippen LogP contribution >= 0.6 is 0 Å². The van der Waals surface area contributed by atoms with E-state index >= 15 is 0 Å². The average molecular weight is 356 g/mol. The van der Waals surface area contributed by atoms with Crippen LogP contribution in [-0.2, 0) is 15.5 Å². The molecule has 7 nitrogen and oxygen atoms in total. The Kier molecular flexibility index (Phi) is 4.71. The lowest BCUT2D eigenvalue weighted by molar-refractivity contribution is 0.100. The Morgan fingerprint density at radius 3 is 2.56 bits per heavy atom. The van der Waals surface area contributed by atoms with Gasteiger partial charge in [0, 0.05) is 30.5 Å². The Morgan fingerprint density at radius 2 is 1.96 bits per heavy atom. The van der Waals surface area contributed by atoms with Gasteiger partial charge in [-0.05, 0) is 24.3 Å². The van der Waals surface area contributed by atoms with Crippen molar-refractivity contribution < 1.29 is 13.5 Å². The normalized spacial score (nSPS) is 13.2. The second-order valence-corrected chi connectivity index (χ2v) is 7.93. The van der Waals surface area contributed by atoms with Crippen LogP contribution in [0.4, 0.5) is 0 Å². The molecular formula is C17H16N4O3S. The summed E-state index contributed by atoms with van der Waals surface area (Å²) in [6.45, 7) is 1.70. The minimum Gasteiger partial charge on any atom is -0.339 e. The number of carbonyl (C=O) groups is 1. The van der Waals surface area contributed by atoms with E-state index in [1.807, 2.05) is 0 Å². The molecule has 25 heavy (non-hydrogen) atoms. The summed E-state index contributed by atoms with van der Waals surface area (Å²) in [7, 11) is -2.72. The molecule has 0 aliphatic carbocycles. The lowest BCUT2D eigenvalue weighted by Gasteiger charge is -2.04. The van der Waals surface area contributed by atoms with Gasteiger partial charge in [0.05, 0.1) is 21.2 Å². The zero-order valence-corrected chi connectivity index (χ0v) is 14.6. The summed E-state index contributed by atoms with van der Waals surface area (Å²) in [5.74, 6) is 0.507. The fourth-order valence-electron chi connectivity index (χ4n) is 2.20. The molecule has 1 unspecified atom stereocenters. The highest BCUT2D eigenvalue weighted by Crippen LogP contribution is 2.17.